The van der Waals surface area contributed by atoms with E-state index in [1.807, 2.05) is 0 Å². The molecular formula is C11H8F3NO3. The molecule has 0 aromatic carbocycles. The normalized spacial score (nSPS) is 12.8. The van der Waals surface area contributed by atoms with Gasteiger partial charge in [-0.25, -0.2) is 0 Å². The number of hydrogen-bond donors (Lipinski definition) is 1. The Morgan fingerprint density at radius 1 is 1.50 bits per heavy atom. The first-order valence-corrected chi connectivity index (χ1v) is 4.76. The van der Waals surface area contributed by atoms with Gasteiger partial charge >= 0.3 is 6.18 Å². The van der Waals surface area contributed by atoms with Crippen molar-refractivity contribution in [3.63, 3.8) is 0 Å². The molecule has 1 aromatic heterocycles. The van der Waals surface area contributed by atoms with Gasteiger partial charge in [-0.05, 0) is 11.6 Å². The average molecular weight is 259 g/mol. The summed E-state index contributed by atoms with van der Waals surface area (Å²) in [6.07, 6.45) is -3.37. The van der Waals surface area contributed by atoms with Crippen LogP contribution in [0.25, 0.3) is 0 Å². The summed E-state index contributed by atoms with van der Waals surface area (Å²) in [5.74, 6) is -2.64. The molecule has 1 aromatic rings. The molecule has 0 fully saturated rings. The number of halogens is 3. The summed E-state index contributed by atoms with van der Waals surface area (Å²) in [5, 5.41) is 17.3. The SMILES string of the molecule is N#C/C(CC(=O)Cc1ccoc1)=C(/O)C(F)(F)F. The molecule has 0 bridgehead atoms. The molecule has 0 aliphatic heterocycles. The minimum Gasteiger partial charge on any atom is -0.504 e. The Kier molecular flexibility index (Phi) is 4.15. The van der Waals surface area contributed by atoms with Crippen LogP contribution in [0.15, 0.2) is 34.3 Å². The topological polar surface area (TPSA) is 74.2 Å². The predicted molar refractivity (Wildman–Crippen MR) is 53.4 cm³/mol. The van der Waals surface area contributed by atoms with Crippen molar-refractivity contribution in [2.75, 3.05) is 0 Å². The standard InChI is InChI=1S/C11H8F3NO3/c12-11(13,14)10(17)8(5-15)4-9(16)3-7-1-2-18-6-7/h1-2,6,17H,3-4H2/b10-8+. The van der Waals surface area contributed by atoms with Crippen LogP contribution in [0.5, 0.6) is 0 Å². The van der Waals surface area contributed by atoms with Gasteiger partial charge in [0.25, 0.3) is 0 Å². The zero-order chi connectivity index (χ0) is 13.8. The maximum Gasteiger partial charge on any atom is 0.449 e. The molecule has 0 aliphatic rings. The van der Waals surface area contributed by atoms with Crippen LogP contribution in [-0.4, -0.2) is 17.1 Å². The van der Waals surface area contributed by atoms with E-state index in [-0.39, 0.29) is 6.42 Å². The lowest BCUT2D eigenvalue weighted by Crippen LogP contribution is -2.15. The number of nitrogens with zero attached hydrogens (tertiary/aromatic N) is 1. The molecule has 0 aliphatic carbocycles. The quantitative estimate of drug-likeness (QED) is 0.666. The van der Waals surface area contributed by atoms with E-state index in [0.717, 1.165) is 0 Å². The number of rotatable bonds is 4. The number of hydrogen-bond acceptors (Lipinski definition) is 4. The summed E-state index contributed by atoms with van der Waals surface area (Å²) < 4.78 is 41.1. The highest BCUT2D eigenvalue weighted by molar-refractivity contribution is 5.83. The fraction of sp³-hybridized carbons (Fsp3) is 0.273. The minimum absolute atomic E-state index is 0.160. The van der Waals surface area contributed by atoms with Crippen molar-refractivity contribution in [1.29, 1.82) is 5.26 Å². The number of alkyl halides is 3. The largest absolute Gasteiger partial charge is 0.504 e. The maximum absolute atomic E-state index is 12.1. The average Bonchev–Trinajstić information content (AvgIpc) is 2.76. The molecule has 4 nitrogen and oxygen atoms in total. The number of ketones is 1. The summed E-state index contributed by atoms with van der Waals surface area (Å²) in [6, 6.07) is 2.67. The fourth-order valence-electron chi connectivity index (χ4n) is 1.23. The van der Waals surface area contributed by atoms with E-state index in [1.165, 1.54) is 24.7 Å². The third kappa shape index (κ3) is 3.66. The van der Waals surface area contributed by atoms with Crippen LogP contribution in [-0.2, 0) is 11.2 Å². The molecule has 0 saturated carbocycles. The van der Waals surface area contributed by atoms with E-state index in [2.05, 4.69) is 4.42 Å². The van der Waals surface area contributed by atoms with Gasteiger partial charge in [-0.3, -0.25) is 4.79 Å². The van der Waals surface area contributed by atoms with Gasteiger partial charge in [0.05, 0.1) is 24.2 Å². The van der Waals surface area contributed by atoms with Crippen molar-refractivity contribution < 1.29 is 27.5 Å². The van der Waals surface area contributed by atoms with E-state index in [4.69, 9.17) is 10.4 Å². The zero-order valence-electron chi connectivity index (χ0n) is 8.99. The molecule has 7 heteroatoms. The number of furan rings is 1. The van der Waals surface area contributed by atoms with E-state index in [9.17, 15) is 18.0 Å². The van der Waals surface area contributed by atoms with Gasteiger partial charge < -0.3 is 9.52 Å². The highest BCUT2D eigenvalue weighted by Gasteiger charge is 2.37. The Morgan fingerprint density at radius 2 is 2.17 bits per heavy atom. The molecule has 1 rings (SSSR count). The summed E-state index contributed by atoms with van der Waals surface area (Å²) >= 11 is 0. The lowest BCUT2D eigenvalue weighted by molar-refractivity contribution is -0.122. The second kappa shape index (κ2) is 5.40. The van der Waals surface area contributed by atoms with Crippen molar-refractivity contribution in [2.24, 2.45) is 0 Å². The number of aliphatic hydroxyl groups excluding tert-OH is 1. The first-order chi connectivity index (χ1) is 8.34. The molecule has 0 unspecified atom stereocenters. The van der Waals surface area contributed by atoms with Crippen LogP contribution in [0.3, 0.4) is 0 Å². The molecule has 0 spiro atoms. The van der Waals surface area contributed by atoms with Gasteiger partial charge in [-0.2, -0.15) is 18.4 Å². The zero-order valence-corrected chi connectivity index (χ0v) is 8.99. The predicted octanol–water partition coefficient (Wildman–Crippen LogP) is 2.68. The molecule has 0 amide bonds. The molecule has 0 radical (unpaired) electrons. The van der Waals surface area contributed by atoms with E-state index in [1.54, 1.807) is 0 Å². The Morgan fingerprint density at radius 3 is 2.61 bits per heavy atom. The van der Waals surface area contributed by atoms with E-state index < -0.39 is 29.7 Å². The summed E-state index contributed by atoms with van der Waals surface area (Å²) in [7, 11) is 0. The maximum atomic E-state index is 12.1. The summed E-state index contributed by atoms with van der Waals surface area (Å²) in [4.78, 5) is 11.4. The Balaban J connectivity index is 2.76. The van der Waals surface area contributed by atoms with Crippen LogP contribution >= 0.6 is 0 Å². The number of carbonyl (C=O) groups is 1. The molecule has 0 atom stereocenters. The van der Waals surface area contributed by atoms with Crippen LogP contribution < -0.4 is 0 Å². The number of carbonyl (C=O) groups excluding carboxylic acids is 1. The van der Waals surface area contributed by atoms with Gasteiger partial charge in [0.2, 0.25) is 5.76 Å². The van der Waals surface area contributed by atoms with Crippen molar-refractivity contribution in [3.05, 3.63) is 35.5 Å². The number of allylic oxidation sites excluding steroid dienone is 2. The van der Waals surface area contributed by atoms with Gasteiger partial charge in [0, 0.05) is 12.8 Å². The lowest BCUT2D eigenvalue weighted by atomic mass is 10.0. The summed E-state index contributed by atoms with van der Waals surface area (Å²) in [5.41, 5.74) is -0.500. The molecule has 96 valence electrons. The Labute approximate surface area is 99.9 Å². The highest BCUT2D eigenvalue weighted by atomic mass is 19.4. The molecule has 0 saturated heterocycles. The number of aliphatic hydroxyl groups is 1. The van der Waals surface area contributed by atoms with E-state index >= 15 is 0 Å². The fourth-order valence-corrected chi connectivity index (χ4v) is 1.23. The third-order valence-electron chi connectivity index (χ3n) is 2.04. The van der Waals surface area contributed by atoms with Crippen LogP contribution in [0, 0.1) is 11.3 Å². The van der Waals surface area contributed by atoms with Gasteiger partial charge in [0.1, 0.15) is 5.78 Å². The van der Waals surface area contributed by atoms with E-state index in [0.29, 0.717) is 5.56 Å². The minimum atomic E-state index is -5.03. The molecule has 1 N–H and O–H groups in total. The molecular weight excluding hydrogens is 251 g/mol. The Hall–Kier alpha value is -2.23. The monoisotopic (exact) mass is 259 g/mol. The Bertz CT molecular complexity index is 495. The van der Waals surface area contributed by atoms with Crippen LogP contribution in [0.2, 0.25) is 0 Å². The van der Waals surface area contributed by atoms with Crippen LogP contribution in [0.4, 0.5) is 13.2 Å². The van der Waals surface area contributed by atoms with Gasteiger partial charge in [0.15, 0.2) is 0 Å². The third-order valence-corrected chi connectivity index (χ3v) is 2.04. The number of nitriles is 1. The van der Waals surface area contributed by atoms with Gasteiger partial charge in [-0.1, -0.05) is 0 Å². The first-order valence-electron chi connectivity index (χ1n) is 4.76. The second-order valence-corrected chi connectivity index (χ2v) is 3.46. The number of Topliss-reactive ketones (excluding diaryl/α,β-unsaturated/α-hetero) is 1. The molecule has 18 heavy (non-hydrogen) atoms. The first kappa shape index (κ1) is 13.8. The second-order valence-electron chi connectivity index (χ2n) is 3.46. The van der Waals surface area contributed by atoms with Crippen molar-refractivity contribution in [2.45, 2.75) is 19.0 Å². The smallest absolute Gasteiger partial charge is 0.449 e. The van der Waals surface area contributed by atoms with Crippen molar-refractivity contribution >= 4 is 5.78 Å². The van der Waals surface area contributed by atoms with Crippen LogP contribution in [0.1, 0.15) is 12.0 Å². The summed E-state index contributed by atoms with van der Waals surface area (Å²) in [6.45, 7) is 0. The van der Waals surface area contributed by atoms with Crippen molar-refractivity contribution in [3.8, 4) is 6.07 Å². The highest BCUT2D eigenvalue weighted by Crippen LogP contribution is 2.27. The lowest BCUT2D eigenvalue weighted by Gasteiger charge is -2.07. The van der Waals surface area contributed by atoms with Crippen molar-refractivity contribution in [1.82, 2.24) is 0 Å². The molecule has 1 heterocycles. The van der Waals surface area contributed by atoms with Gasteiger partial charge in [-0.15, -0.1) is 0 Å².